The van der Waals surface area contributed by atoms with Crippen LogP contribution in [-0.2, 0) is 4.79 Å². The van der Waals surface area contributed by atoms with Gasteiger partial charge in [-0.2, -0.15) is 0 Å². The second-order valence-electron chi connectivity index (χ2n) is 21.8. The topological polar surface area (TPSA) is 69.6 Å². The van der Waals surface area contributed by atoms with E-state index in [0.717, 1.165) is 51.4 Å². The molecular weight excluding hydrogens is 855 g/mol. The van der Waals surface area contributed by atoms with Gasteiger partial charge in [-0.1, -0.05) is 339 Å². The van der Waals surface area contributed by atoms with E-state index in [1.165, 1.54) is 270 Å². The Balaban J connectivity index is 3.42. The summed E-state index contributed by atoms with van der Waals surface area (Å²) in [7, 11) is 0. The Morgan fingerprint density at radius 1 is 0.357 bits per heavy atom. The molecule has 0 aliphatic carbocycles. The summed E-state index contributed by atoms with van der Waals surface area (Å²) in [6, 6.07) is -0.538. The molecule has 0 saturated carbocycles. The second kappa shape index (κ2) is 61.6. The van der Waals surface area contributed by atoms with Gasteiger partial charge in [-0.25, -0.2) is 0 Å². The van der Waals surface area contributed by atoms with E-state index in [9.17, 15) is 15.0 Å². The molecule has 0 aliphatic heterocycles. The Hall–Kier alpha value is -1.65. The quantitative estimate of drug-likeness (QED) is 0.0420. The summed E-state index contributed by atoms with van der Waals surface area (Å²) in [6.07, 6.45) is 85.6. The molecule has 0 aliphatic rings. The van der Waals surface area contributed by atoms with Crippen LogP contribution in [0.2, 0.25) is 0 Å². The third kappa shape index (κ3) is 57.3. The Labute approximate surface area is 439 Å². The summed E-state index contributed by atoms with van der Waals surface area (Å²) >= 11 is 0. The maximum absolute atomic E-state index is 12.5. The number of hydrogen-bond donors (Lipinski definition) is 3. The molecule has 0 heterocycles. The van der Waals surface area contributed by atoms with Crippen molar-refractivity contribution in [2.75, 3.05) is 6.61 Å². The van der Waals surface area contributed by atoms with Crippen molar-refractivity contribution < 1.29 is 15.0 Å². The third-order valence-corrected chi connectivity index (χ3v) is 14.9. The fourth-order valence-electron chi connectivity index (χ4n) is 10.1. The Morgan fingerprint density at radius 2 is 0.629 bits per heavy atom. The van der Waals surface area contributed by atoms with Crippen molar-refractivity contribution in [2.24, 2.45) is 0 Å². The van der Waals surface area contributed by atoms with Crippen LogP contribution in [0.15, 0.2) is 48.6 Å². The SMILES string of the molecule is CC/C=C\C/C=C\C/C=C\C/C=C\CCCCCCCCCCCCCCCCCCC(=O)NC(CO)C(O)CCCCCCCCCCCCCCCCCCCCCCCCCCCCCCC. The first-order valence-electron chi connectivity index (χ1n) is 31.8. The minimum atomic E-state index is -0.661. The number of unbranched alkanes of at least 4 members (excludes halogenated alkanes) is 44. The molecule has 0 bridgehead atoms. The van der Waals surface area contributed by atoms with Crippen LogP contribution in [-0.4, -0.2) is 34.9 Å². The van der Waals surface area contributed by atoms with E-state index in [1.807, 2.05) is 0 Å². The lowest BCUT2D eigenvalue weighted by Crippen LogP contribution is -2.45. The van der Waals surface area contributed by atoms with Crippen LogP contribution in [0, 0.1) is 0 Å². The minimum Gasteiger partial charge on any atom is -0.394 e. The standard InChI is InChI=1S/C66H125NO3/c1-3-5-7-9-11-13-15-17-19-21-23-25-27-29-31-33-35-37-39-41-43-45-47-49-51-53-55-57-59-61-65(69)64(63-68)67-66(70)62-60-58-56-54-52-50-48-46-44-42-40-38-36-34-32-30-28-26-24-22-20-18-16-14-12-10-8-6-4-2/h6,8,12,14,18,20,24,26,64-65,68-69H,3-5,7,9-11,13,15-17,19,21-23,25,27-63H2,1-2H3,(H,67,70)/b8-6-,14-12-,20-18-,26-24-. The summed E-state index contributed by atoms with van der Waals surface area (Å²) in [5.74, 6) is -0.0265. The zero-order chi connectivity index (χ0) is 50.6. The molecule has 2 atom stereocenters. The molecule has 4 nitrogen and oxygen atoms in total. The second-order valence-corrected chi connectivity index (χ2v) is 21.8. The molecule has 4 heteroatoms. The summed E-state index contributed by atoms with van der Waals surface area (Å²) in [4.78, 5) is 12.5. The molecule has 0 rings (SSSR count). The van der Waals surface area contributed by atoms with Crippen LogP contribution in [0.4, 0.5) is 0 Å². The number of rotatable bonds is 59. The number of carbonyl (C=O) groups is 1. The van der Waals surface area contributed by atoms with Gasteiger partial charge in [0.25, 0.3) is 0 Å². The van der Waals surface area contributed by atoms with Crippen LogP contribution in [0.3, 0.4) is 0 Å². The van der Waals surface area contributed by atoms with Gasteiger partial charge in [0.05, 0.1) is 18.8 Å². The molecule has 0 spiro atoms. The van der Waals surface area contributed by atoms with E-state index < -0.39 is 12.1 Å². The molecule has 3 N–H and O–H groups in total. The Morgan fingerprint density at radius 3 is 0.943 bits per heavy atom. The van der Waals surface area contributed by atoms with E-state index >= 15 is 0 Å². The van der Waals surface area contributed by atoms with Crippen molar-refractivity contribution in [2.45, 2.75) is 360 Å². The molecule has 2 unspecified atom stereocenters. The average molecular weight is 981 g/mol. The molecule has 0 saturated heterocycles. The van der Waals surface area contributed by atoms with E-state index in [1.54, 1.807) is 0 Å². The number of aliphatic hydroxyl groups excluding tert-OH is 2. The van der Waals surface area contributed by atoms with Gasteiger partial charge in [0.1, 0.15) is 0 Å². The van der Waals surface area contributed by atoms with Crippen molar-refractivity contribution in [1.29, 1.82) is 0 Å². The van der Waals surface area contributed by atoms with E-state index in [2.05, 4.69) is 67.8 Å². The lowest BCUT2D eigenvalue weighted by molar-refractivity contribution is -0.123. The zero-order valence-corrected chi connectivity index (χ0v) is 47.6. The summed E-state index contributed by atoms with van der Waals surface area (Å²) in [5, 5.41) is 23.4. The molecule has 0 fully saturated rings. The van der Waals surface area contributed by atoms with Gasteiger partial charge in [-0.3, -0.25) is 4.79 Å². The number of hydrogen-bond acceptors (Lipinski definition) is 3. The summed E-state index contributed by atoms with van der Waals surface area (Å²) in [5.41, 5.74) is 0. The molecule has 1 amide bonds. The van der Waals surface area contributed by atoms with Crippen LogP contribution < -0.4 is 5.32 Å². The number of aliphatic hydroxyl groups is 2. The summed E-state index contributed by atoms with van der Waals surface area (Å²) < 4.78 is 0. The van der Waals surface area contributed by atoms with Crippen LogP contribution in [0.1, 0.15) is 348 Å². The van der Waals surface area contributed by atoms with Crippen molar-refractivity contribution in [3.63, 3.8) is 0 Å². The number of allylic oxidation sites excluding steroid dienone is 8. The Bertz CT molecular complexity index is 1110. The van der Waals surface area contributed by atoms with E-state index in [0.29, 0.717) is 12.8 Å². The minimum absolute atomic E-state index is 0.0265. The fraction of sp³-hybridized carbons (Fsp3) is 0.864. The van der Waals surface area contributed by atoms with Crippen LogP contribution in [0.5, 0.6) is 0 Å². The van der Waals surface area contributed by atoms with Crippen molar-refractivity contribution in [3.05, 3.63) is 48.6 Å². The van der Waals surface area contributed by atoms with Gasteiger partial charge in [0, 0.05) is 6.42 Å². The van der Waals surface area contributed by atoms with Crippen molar-refractivity contribution in [3.8, 4) is 0 Å². The Kier molecular flexibility index (Phi) is 60.2. The highest BCUT2D eigenvalue weighted by atomic mass is 16.3. The van der Waals surface area contributed by atoms with Gasteiger partial charge >= 0.3 is 0 Å². The first-order chi connectivity index (χ1) is 34.7. The van der Waals surface area contributed by atoms with Crippen molar-refractivity contribution in [1.82, 2.24) is 5.32 Å². The maximum atomic E-state index is 12.5. The molecule has 0 aromatic rings. The highest BCUT2D eigenvalue weighted by Gasteiger charge is 2.20. The molecule has 0 aromatic heterocycles. The predicted octanol–water partition coefficient (Wildman–Crippen LogP) is 21.4. The lowest BCUT2D eigenvalue weighted by atomic mass is 10.0. The highest BCUT2D eigenvalue weighted by molar-refractivity contribution is 5.76. The smallest absolute Gasteiger partial charge is 0.220 e. The molecular formula is C66H125NO3. The summed E-state index contributed by atoms with van der Waals surface area (Å²) in [6.45, 7) is 4.28. The average Bonchev–Trinajstić information content (AvgIpc) is 3.36. The first-order valence-corrected chi connectivity index (χ1v) is 31.8. The highest BCUT2D eigenvalue weighted by Crippen LogP contribution is 2.19. The maximum Gasteiger partial charge on any atom is 0.220 e. The van der Waals surface area contributed by atoms with Gasteiger partial charge < -0.3 is 15.5 Å². The first kappa shape index (κ1) is 68.4. The van der Waals surface area contributed by atoms with Gasteiger partial charge in [-0.15, -0.1) is 0 Å². The van der Waals surface area contributed by atoms with E-state index in [-0.39, 0.29) is 12.5 Å². The third-order valence-electron chi connectivity index (χ3n) is 14.9. The molecule has 70 heavy (non-hydrogen) atoms. The monoisotopic (exact) mass is 980 g/mol. The largest absolute Gasteiger partial charge is 0.394 e. The molecule has 0 radical (unpaired) electrons. The van der Waals surface area contributed by atoms with Crippen LogP contribution >= 0.6 is 0 Å². The van der Waals surface area contributed by atoms with Gasteiger partial charge in [-0.05, 0) is 51.4 Å². The number of carbonyl (C=O) groups excluding carboxylic acids is 1. The molecule has 0 aromatic carbocycles. The van der Waals surface area contributed by atoms with Crippen molar-refractivity contribution >= 4 is 5.91 Å². The van der Waals surface area contributed by atoms with Gasteiger partial charge in [0.15, 0.2) is 0 Å². The zero-order valence-electron chi connectivity index (χ0n) is 47.6. The van der Waals surface area contributed by atoms with Gasteiger partial charge in [0.2, 0.25) is 5.91 Å². The van der Waals surface area contributed by atoms with E-state index in [4.69, 9.17) is 0 Å². The lowest BCUT2D eigenvalue weighted by Gasteiger charge is -2.22. The predicted molar refractivity (Wildman–Crippen MR) is 313 cm³/mol. The molecule has 412 valence electrons. The number of amides is 1. The van der Waals surface area contributed by atoms with Crippen LogP contribution in [0.25, 0.3) is 0 Å². The normalized spacial score (nSPS) is 13.0. The fourth-order valence-corrected chi connectivity index (χ4v) is 10.1. The number of nitrogens with one attached hydrogen (secondary N) is 1.